The zero-order chi connectivity index (χ0) is 29.5. The molecule has 4 aromatic rings. The molecule has 0 saturated heterocycles. The molecule has 41 heavy (non-hydrogen) atoms. The van der Waals surface area contributed by atoms with Gasteiger partial charge in [-0.25, -0.2) is 14.3 Å². The molecular formula is C26H23Cl2F3N8O2. The summed E-state index contributed by atoms with van der Waals surface area (Å²) in [5.41, 5.74) is -0.0571. The van der Waals surface area contributed by atoms with E-state index in [-0.39, 0.29) is 52.0 Å². The first-order chi connectivity index (χ1) is 19.4. The van der Waals surface area contributed by atoms with Crippen LogP contribution in [0.5, 0.6) is 0 Å². The minimum absolute atomic E-state index is 0.0381. The summed E-state index contributed by atoms with van der Waals surface area (Å²) in [5, 5.41) is 17.3. The highest BCUT2D eigenvalue weighted by molar-refractivity contribution is 6.32. The molecule has 1 unspecified atom stereocenters. The van der Waals surface area contributed by atoms with Crippen LogP contribution in [0.3, 0.4) is 0 Å². The molecule has 1 aromatic carbocycles. The summed E-state index contributed by atoms with van der Waals surface area (Å²) in [5.74, 6) is -0.539. The molecular weight excluding hydrogens is 584 g/mol. The normalized spacial score (nSPS) is 14.1. The third-order valence-corrected chi connectivity index (χ3v) is 7.07. The van der Waals surface area contributed by atoms with E-state index in [4.69, 9.17) is 23.2 Å². The van der Waals surface area contributed by atoms with Crippen molar-refractivity contribution in [1.82, 2.24) is 35.1 Å². The van der Waals surface area contributed by atoms with E-state index in [9.17, 15) is 22.8 Å². The fourth-order valence-electron chi connectivity index (χ4n) is 4.30. The van der Waals surface area contributed by atoms with Crippen LogP contribution in [0.25, 0.3) is 5.82 Å². The smallest absolute Gasteiger partial charge is 0.349 e. The Kier molecular flexibility index (Phi) is 7.75. The molecule has 0 spiro atoms. The number of nitrogens with one attached hydrogen (secondary N) is 2. The molecule has 0 aliphatic heterocycles. The SMILES string of the molecule is Cc1cc(Cl)cc(C(=O)NC(C)C2CC2)c1NC(=O)c1cc(Cn2cc(C(F)(F)F)nn2)nn1-c1ncccc1Cl. The number of amides is 2. The summed E-state index contributed by atoms with van der Waals surface area (Å²) in [6.07, 6.45) is -0.412. The van der Waals surface area contributed by atoms with Crippen LogP contribution in [0.2, 0.25) is 10.0 Å². The van der Waals surface area contributed by atoms with Crippen LogP contribution in [-0.2, 0) is 12.7 Å². The van der Waals surface area contributed by atoms with Crippen LogP contribution in [0.1, 0.15) is 57.6 Å². The zero-order valence-electron chi connectivity index (χ0n) is 21.7. The molecule has 0 bridgehead atoms. The summed E-state index contributed by atoms with van der Waals surface area (Å²) >= 11 is 12.6. The molecule has 3 heterocycles. The topological polar surface area (TPSA) is 120 Å². The summed E-state index contributed by atoms with van der Waals surface area (Å²) < 4.78 is 41.1. The Labute approximate surface area is 241 Å². The molecule has 5 rings (SSSR count). The second kappa shape index (κ2) is 11.1. The minimum Gasteiger partial charge on any atom is -0.349 e. The van der Waals surface area contributed by atoms with E-state index in [2.05, 4.69) is 31.0 Å². The number of aryl methyl sites for hydroxylation is 1. The lowest BCUT2D eigenvalue weighted by Gasteiger charge is -2.18. The van der Waals surface area contributed by atoms with Gasteiger partial charge in [-0.1, -0.05) is 28.4 Å². The maximum atomic E-state index is 13.7. The lowest BCUT2D eigenvalue weighted by atomic mass is 10.1. The van der Waals surface area contributed by atoms with Gasteiger partial charge in [-0.3, -0.25) is 9.59 Å². The highest BCUT2D eigenvalue weighted by Gasteiger charge is 2.34. The molecule has 1 fully saturated rings. The Balaban J connectivity index is 1.49. The molecule has 1 saturated carbocycles. The van der Waals surface area contributed by atoms with Crippen molar-refractivity contribution in [3.05, 3.63) is 81.0 Å². The largest absolute Gasteiger partial charge is 0.436 e. The summed E-state index contributed by atoms with van der Waals surface area (Å²) in [6.45, 7) is 3.39. The van der Waals surface area contributed by atoms with Gasteiger partial charge in [0.05, 0.1) is 34.7 Å². The van der Waals surface area contributed by atoms with Crippen LogP contribution in [0.15, 0.2) is 42.7 Å². The second-order valence-electron chi connectivity index (χ2n) is 9.74. The second-order valence-corrected chi connectivity index (χ2v) is 10.6. The number of alkyl halides is 3. The highest BCUT2D eigenvalue weighted by Crippen LogP contribution is 2.33. The summed E-state index contributed by atoms with van der Waals surface area (Å²) in [6, 6.07) is 7.55. The maximum Gasteiger partial charge on any atom is 0.436 e. The molecule has 2 amide bonds. The van der Waals surface area contributed by atoms with Gasteiger partial charge >= 0.3 is 6.18 Å². The van der Waals surface area contributed by atoms with E-state index in [1.54, 1.807) is 25.1 Å². The third kappa shape index (κ3) is 6.35. The van der Waals surface area contributed by atoms with Crippen LogP contribution in [0.4, 0.5) is 18.9 Å². The molecule has 1 aliphatic carbocycles. The Bertz CT molecular complexity index is 1630. The van der Waals surface area contributed by atoms with Crippen molar-refractivity contribution < 1.29 is 22.8 Å². The van der Waals surface area contributed by atoms with Gasteiger partial charge in [0.15, 0.2) is 11.5 Å². The third-order valence-electron chi connectivity index (χ3n) is 6.56. The lowest BCUT2D eigenvalue weighted by molar-refractivity contribution is -0.141. The Hall–Kier alpha value is -3.97. The average Bonchev–Trinajstić information content (AvgIpc) is 3.51. The number of halogens is 5. The number of nitrogens with zero attached hydrogens (tertiary/aromatic N) is 6. The number of hydrogen-bond acceptors (Lipinski definition) is 6. The van der Waals surface area contributed by atoms with E-state index in [0.29, 0.717) is 16.5 Å². The number of rotatable bonds is 8. The molecule has 10 nitrogen and oxygen atoms in total. The number of carbonyl (C=O) groups excluding carboxylic acids is 2. The van der Waals surface area contributed by atoms with Crippen LogP contribution in [-0.4, -0.2) is 47.6 Å². The molecule has 3 aromatic heterocycles. The van der Waals surface area contributed by atoms with Crippen molar-refractivity contribution in [2.24, 2.45) is 5.92 Å². The molecule has 1 atom stereocenters. The molecule has 15 heteroatoms. The first kappa shape index (κ1) is 28.6. The van der Waals surface area contributed by atoms with Gasteiger partial charge in [-0.15, -0.1) is 5.10 Å². The number of anilines is 1. The van der Waals surface area contributed by atoms with Gasteiger partial charge in [0.25, 0.3) is 11.8 Å². The summed E-state index contributed by atoms with van der Waals surface area (Å²) in [4.78, 5) is 31.1. The quantitative estimate of drug-likeness (QED) is 0.280. The lowest BCUT2D eigenvalue weighted by Crippen LogP contribution is -2.34. The van der Waals surface area contributed by atoms with E-state index in [1.165, 1.54) is 23.0 Å². The molecule has 0 radical (unpaired) electrons. The Morgan fingerprint density at radius 2 is 1.93 bits per heavy atom. The van der Waals surface area contributed by atoms with Crippen LogP contribution in [0, 0.1) is 12.8 Å². The number of hydrogen-bond donors (Lipinski definition) is 2. The van der Waals surface area contributed by atoms with Gasteiger partial charge in [0, 0.05) is 17.3 Å². The van der Waals surface area contributed by atoms with Crippen LogP contribution >= 0.6 is 23.2 Å². The van der Waals surface area contributed by atoms with E-state index in [1.807, 2.05) is 6.92 Å². The predicted molar refractivity (Wildman–Crippen MR) is 144 cm³/mol. The van der Waals surface area contributed by atoms with E-state index < -0.39 is 17.8 Å². The monoisotopic (exact) mass is 606 g/mol. The Morgan fingerprint density at radius 1 is 1.17 bits per heavy atom. The maximum absolute atomic E-state index is 13.7. The fraction of sp³-hybridized carbons (Fsp3) is 0.308. The molecule has 214 valence electrons. The van der Waals surface area contributed by atoms with Crippen molar-refractivity contribution in [3.63, 3.8) is 0 Å². The van der Waals surface area contributed by atoms with E-state index in [0.717, 1.165) is 23.7 Å². The number of carbonyl (C=O) groups is 2. The number of benzene rings is 1. The first-order valence-electron chi connectivity index (χ1n) is 12.5. The standard InChI is InChI=1S/C26H23Cl2F3N8O2/c1-13-8-16(27)9-18(24(40)33-14(2)15-5-6-15)22(13)34-25(41)20-10-17(11-38-12-21(35-37-38)26(29,30)31)36-39(20)23-19(28)4-3-7-32-23/h3-4,7-10,12,14-15H,5-6,11H2,1-2H3,(H,33,40)(H,34,41). The van der Waals surface area contributed by atoms with Gasteiger partial charge in [-0.2, -0.15) is 18.3 Å². The van der Waals surface area contributed by atoms with Crippen molar-refractivity contribution in [2.45, 2.75) is 45.5 Å². The summed E-state index contributed by atoms with van der Waals surface area (Å²) in [7, 11) is 0. The van der Waals surface area contributed by atoms with Crippen LogP contribution < -0.4 is 10.6 Å². The van der Waals surface area contributed by atoms with Crippen molar-refractivity contribution >= 4 is 40.7 Å². The van der Waals surface area contributed by atoms with Gasteiger partial charge in [0.1, 0.15) is 5.69 Å². The highest BCUT2D eigenvalue weighted by atomic mass is 35.5. The predicted octanol–water partition coefficient (Wildman–Crippen LogP) is 5.32. The first-order valence-corrected chi connectivity index (χ1v) is 13.3. The van der Waals surface area contributed by atoms with Crippen molar-refractivity contribution in [2.75, 3.05) is 5.32 Å². The van der Waals surface area contributed by atoms with Crippen molar-refractivity contribution in [3.8, 4) is 5.82 Å². The van der Waals surface area contributed by atoms with Crippen molar-refractivity contribution in [1.29, 1.82) is 0 Å². The molecule has 2 N–H and O–H groups in total. The van der Waals surface area contributed by atoms with Gasteiger partial charge in [-0.05, 0) is 68.5 Å². The number of pyridine rings is 1. The fourth-order valence-corrected chi connectivity index (χ4v) is 4.77. The average molecular weight is 607 g/mol. The molecule has 1 aliphatic rings. The minimum atomic E-state index is -4.67. The van der Waals surface area contributed by atoms with Gasteiger partial charge in [0.2, 0.25) is 0 Å². The zero-order valence-corrected chi connectivity index (χ0v) is 23.2. The van der Waals surface area contributed by atoms with Gasteiger partial charge < -0.3 is 10.6 Å². The van der Waals surface area contributed by atoms with E-state index >= 15 is 0 Å². The Morgan fingerprint density at radius 3 is 2.59 bits per heavy atom. The number of aromatic nitrogens is 6.